The minimum Gasteiger partial charge on any atom is -0.268 e. The molecule has 0 radical (unpaired) electrons. The summed E-state index contributed by atoms with van der Waals surface area (Å²) in [5.41, 5.74) is -5.15. The quantitative estimate of drug-likeness (QED) is 0.741. The standard InChI is InChI=1S/C15H7F8NO3S/c16-11-4-2-8(6-12(11)17)28(26,27)24-13(25)9-3-1-7(14(18,19)20)5-10(9)15(21,22)23/h1-6H,(H,24,25). The van der Waals surface area contributed by atoms with Gasteiger partial charge in [-0.2, -0.15) is 26.3 Å². The number of sulfonamides is 1. The molecule has 0 aromatic heterocycles. The van der Waals surface area contributed by atoms with Crippen LogP contribution < -0.4 is 4.72 Å². The predicted octanol–water partition coefficient (Wildman–Crippen LogP) is 4.12. The van der Waals surface area contributed by atoms with E-state index in [-0.39, 0.29) is 24.3 Å². The van der Waals surface area contributed by atoms with E-state index in [9.17, 15) is 48.3 Å². The van der Waals surface area contributed by atoms with Gasteiger partial charge in [-0.1, -0.05) is 0 Å². The molecular formula is C15H7F8NO3S. The Morgan fingerprint density at radius 1 is 0.821 bits per heavy atom. The van der Waals surface area contributed by atoms with Gasteiger partial charge in [-0.3, -0.25) is 4.79 Å². The lowest BCUT2D eigenvalue weighted by molar-refractivity contribution is -0.143. The lowest BCUT2D eigenvalue weighted by Gasteiger charge is -2.16. The number of halogens is 8. The Balaban J connectivity index is 2.47. The second-order valence-electron chi connectivity index (χ2n) is 5.27. The first-order chi connectivity index (χ1) is 12.6. The van der Waals surface area contributed by atoms with Crippen LogP contribution >= 0.6 is 0 Å². The third-order valence-electron chi connectivity index (χ3n) is 3.33. The van der Waals surface area contributed by atoms with Gasteiger partial charge in [0.05, 0.1) is 21.6 Å². The average molecular weight is 433 g/mol. The molecule has 0 heterocycles. The summed E-state index contributed by atoms with van der Waals surface area (Å²) in [5, 5.41) is 0. The van der Waals surface area contributed by atoms with E-state index in [1.807, 2.05) is 0 Å². The van der Waals surface area contributed by atoms with E-state index < -0.39 is 61.5 Å². The van der Waals surface area contributed by atoms with Crippen LogP contribution in [0.2, 0.25) is 0 Å². The van der Waals surface area contributed by atoms with Gasteiger partial charge in [0.15, 0.2) is 11.6 Å². The number of carbonyl (C=O) groups excluding carboxylic acids is 1. The molecule has 0 bridgehead atoms. The summed E-state index contributed by atoms with van der Waals surface area (Å²) in [5.74, 6) is -4.95. The third-order valence-corrected chi connectivity index (χ3v) is 4.65. The highest BCUT2D eigenvalue weighted by Crippen LogP contribution is 2.37. The van der Waals surface area contributed by atoms with Crippen molar-refractivity contribution < 1.29 is 48.3 Å². The van der Waals surface area contributed by atoms with Crippen LogP contribution in [0.25, 0.3) is 0 Å². The number of benzene rings is 2. The Kier molecular flexibility index (Phi) is 5.43. The fourth-order valence-electron chi connectivity index (χ4n) is 2.03. The predicted molar refractivity (Wildman–Crippen MR) is 77.5 cm³/mol. The minimum absolute atomic E-state index is 0.155. The number of alkyl halides is 6. The lowest BCUT2D eigenvalue weighted by atomic mass is 10.0. The van der Waals surface area contributed by atoms with Crippen LogP contribution in [0.4, 0.5) is 35.1 Å². The second kappa shape index (κ2) is 7.04. The molecule has 28 heavy (non-hydrogen) atoms. The molecule has 13 heteroatoms. The van der Waals surface area contributed by atoms with Gasteiger partial charge in [0.25, 0.3) is 15.9 Å². The monoisotopic (exact) mass is 433 g/mol. The van der Waals surface area contributed by atoms with E-state index in [0.717, 1.165) is 0 Å². The zero-order chi connectivity index (χ0) is 21.5. The van der Waals surface area contributed by atoms with Gasteiger partial charge in [0.1, 0.15) is 0 Å². The molecule has 0 saturated heterocycles. The molecule has 0 unspecified atom stereocenters. The molecule has 1 N–H and O–H groups in total. The summed E-state index contributed by atoms with van der Waals surface area (Å²) in [7, 11) is -4.94. The van der Waals surface area contributed by atoms with Crippen LogP contribution in [0.1, 0.15) is 21.5 Å². The largest absolute Gasteiger partial charge is 0.417 e. The number of hydrogen-bond acceptors (Lipinski definition) is 3. The molecule has 2 aromatic carbocycles. The zero-order valence-electron chi connectivity index (χ0n) is 13.1. The van der Waals surface area contributed by atoms with E-state index in [4.69, 9.17) is 0 Å². The van der Waals surface area contributed by atoms with Crippen molar-refractivity contribution in [2.45, 2.75) is 17.2 Å². The van der Waals surface area contributed by atoms with Gasteiger partial charge in [-0.05, 0) is 36.4 Å². The molecule has 0 fully saturated rings. The Morgan fingerprint density at radius 3 is 1.93 bits per heavy atom. The van der Waals surface area contributed by atoms with Gasteiger partial charge in [-0.25, -0.2) is 21.9 Å². The zero-order valence-corrected chi connectivity index (χ0v) is 13.9. The van der Waals surface area contributed by atoms with Gasteiger partial charge in [0.2, 0.25) is 0 Å². The van der Waals surface area contributed by atoms with Crippen molar-refractivity contribution in [2.75, 3.05) is 0 Å². The maximum atomic E-state index is 13.1. The Hall–Kier alpha value is -2.70. The van der Waals surface area contributed by atoms with Gasteiger partial charge < -0.3 is 0 Å². The fourth-order valence-corrected chi connectivity index (χ4v) is 3.01. The number of hydrogen-bond donors (Lipinski definition) is 1. The number of amides is 1. The van der Waals surface area contributed by atoms with E-state index in [0.29, 0.717) is 12.1 Å². The van der Waals surface area contributed by atoms with Gasteiger partial charge in [0, 0.05) is 0 Å². The van der Waals surface area contributed by atoms with Crippen molar-refractivity contribution >= 4 is 15.9 Å². The van der Waals surface area contributed by atoms with E-state index in [2.05, 4.69) is 0 Å². The number of rotatable bonds is 3. The Morgan fingerprint density at radius 2 is 1.43 bits per heavy atom. The number of nitrogens with one attached hydrogen (secondary N) is 1. The van der Waals surface area contributed by atoms with Crippen LogP contribution in [0, 0.1) is 11.6 Å². The van der Waals surface area contributed by atoms with Crippen molar-refractivity contribution in [1.82, 2.24) is 4.72 Å². The molecule has 152 valence electrons. The smallest absolute Gasteiger partial charge is 0.268 e. The molecule has 0 saturated carbocycles. The highest BCUT2D eigenvalue weighted by Gasteiger charge is 2.40. The number of carbonyl (C=O) groups is 1. The molecular weight excluding hydrogens is 426 g/mol. The molecule has 1 amide bonds. The van der Waals surface area contributed by atoms with Gasteiger partial charge in [-0.15, -0.1) is 0 Å². The van der Waals surface area contributed by atoms with E-state index in [1.165, 1.54) is 4.72 Å². The highest BCUT2D eigenvalue weighted by molar-refractivity contribution is 7.90. The molecule has 0 aliphatic carbocycles. The van der Waals surface area contributed by atoms with Crippen LogP contribution in [-0.2, 0) is 22.4 Å². The summed E-state index contributed by atoms with van der Waals surface area (Å²) in [6, 6.07) is 1.07. The van der Waals surface area contributed by atoms with Crippen LogP contribution in [0.15, 0.2) is 41.3 Å². The molecule has 2 aromatic rings. The van der Waals surface area contributed by atoms with Gasteiger partial charge >= 0.3 is 12.4 Å². The van der Waals surface area contributed by atoms with Crippen molar-refractivity contribution in [3.05, 3.63) is 64.7 Å². The minimum atomic E-state index is -5.42. The molecule has 0 aliphatic heterocycles. The van der Waals surface area contributed by atoms with Crippen LogP contribution in [0.3, 0.4) is 0 Å². The first kappa shape index (κ1) is 21.6. The van der Waals surface area contributed by atoms with E-state index >= 15 is 0 Å². The van der Waals surface area contributed by atoms with E-state index in [1.54, 1.807) is 0 Å². The fraction of sp³-hybridized carbons (Fsp3) is 0.133. The first-order valence-corrected chi connectivity index (χ1v) is 8.42. The average Bonchev–Trinajstić information content (AvgIpc) is 2.54. The molecule has 2 rings (SSSR count). The normalized spacial score (nSPS) is 12.7. The summed E-state index contributed by atoms with van der Waals surface area (Å²) in [6.45, 7) is 0. The van der Waals surface area contributed by atoms with Crippen LogP contribution in [0.5, 0.6) is 0 Å². The van der Waals surface area contributed by atoms with Crippen molar-refractivity contribution in [3.8, 4) is 0 Å². The Bertz CT molecular complexity index is 1030. The maximum Gasteiger partial charge on any atom is 0.417 e. The molecule has 0 atom stereocenters. The lowest BCUT2D eigenvalue weighted by Crippen LogP contribution is -2.32. The SMILES string of the molecule is O=C(NS(=O)(=O)c1ccc(F)c(F)c1)c1ccc(C(F)(F)F)cc1C(F)(F)F. The van der Waals surface area contributed by atoms with Crippen molar-refractivity contribution in [1.29, 1.82) is 0 Å². The van der Waals surface area contributed by atoms with Crippen molar-refractivity contribution in [2.24, 2.45) is 0 Å². The summed E-state index contributed by atoms with van der Waals surface area (Å²) < 4.78 is 128. The first-order valence-electron chi connectivity index (χ1n) is 6.93. The van der Waals surface area contributed by atoms with Crippen LogP contribution in [-0.4, -0.2) is 14.3 Å². The second-order valence-corrected chi connectivity index (χ2v) is 6.95. The molecule has 0 spiro atoms. The highest BCUT2D eigenvalue weighted by atomic mass is 32.2. The summed E-state index contributed by atoms with van der Waals surface area (Å²) in [4.78, 5) is 11.0. The third kappa shape index (κ3) is 4.58. The topological polar surface area (TPSA) is 63.2 Å². The molecule has 4 nitrogen and oxygen atoms in total. The Labute approximate surface area is 151 Å². The molecule has 0 aliphatic rings. The summed E-state index contributed by atoms with van der Waals surface area (Å²) >= 11 is 0. The summed E-state index contributed by atoms with van der Waals surface area (Å²) in [6.07, 6.45) is -10.6. The maximum absolute atomic E-state index is 13.1. The van der Waals surface area contributed by atoms with Crippen molar-refractivity contribution in [3.63, 3.8) is 0 Å².